The molecule has 1 saturated heterocycles. The van der Waals surface area contributed by atoms with Crippen molar-refractivity contribution in [2.24, 2.45) is 5.92 Å². The van der Waals surface area contributed by atoms with Gasteiger partial charge in [0.2, 0.25) is 0 Å². The molecule has 1 aliphatic heterocycles. The van der Waals surface area contributed by atoms with Crippen LogP contribution in [0.1, 0.15) is 39.0 Å². The monoisotopic (exact) mass is 281 g/mol. The van der Waals surface area contributed by atoms with Crippen molar-refractivity contribution >= 4 is 11.8 Å². The number of piperazine rings is 1. The Morgan fingerprint density at radius 1 is 1.15 bits per heavy atom. The van der Waals surface area contributed by atoms with E-state index in [9.17, 15) is 9.59 Å². The van der Waals surface area contributed by atoms with Crippen molar-refractivity contribution in [1.29, 1.82) is 0 Å². The zero-order valence-corrected chi connectivity index (χ0v) is 12.7. The lowest BCUT2D eigenvalue weighted by Gasteiger charge is -2.35. The van der Waals surface area contributed by atoms with Crippen molar-refractivity contribution < 1.29 is 9.59 Å². The first-order valence-electron chi connectivity index (χ1n) is 7.90. The molecule has 2 amide bonds. The van der Waals surface area contributed by atoms with Crippen molar-refractivity contribution in [1.82, 2.24) is 15.1 Å². The molecule has 2 aliphatic rings. The van der Waals surface area contributed by atoms with E-state index < -0.39 is 0 Å². The molecule has 0 aromatic carbocycles. The summed E-state index contributed by atoms with van der Waals surface area (Å²) in [5, 5.41) is 3.19. The fraction of sp³-hybridized carbons (Fsp3) is 0.867. The minimum Gasteiger partial charge on any atom is -0.335 e. The molecular weight excluding hydrogens is 254 g/mol. The SMILES string of the molecule is CCC1CCC(N(C)C(=O)C(=O)N2CCNCC2)CC1. The number of rotatable bonds is 2. The van der Waals surface area contributed by atoms with Gasteiger partial charge in [0.1, 0.15) is 0 Å². The summed E-state index contributed by atoms with van der Waals surface area (Å²) in [6, 6.07) is 0.247. The fourth-order valence-electron chi connectivity index (χ4n) is 3.26. The molecule has 5 nitrogen and oxygen atoms in total. The second-order valence-corrected chi connectivity index (χ2v) is 6.04. The summed E-state index contributed by atoms with van der Waals surface area (Å²) in [6.45, 7) is 5.07. The molecule has 2 fully saturated rings. The van der Waals surface area contributed by atoms with Crippen molar-refractivity contribution in [2.75, 3.05) is 33.2 Å². The van der Waals surface area contributed by atoms with E-state index in [1.165, 1.54) is 19.3 Å². The third-order valence-corrected chi connectivity index (χ3v) is 4.85. The van der Waals surface area contributed by atoms with Crippen LogP contribution < -0.4 is 5.32 Å². The number of amides is 2. The summed E-state index contributed by atoms with van der Waals surface area (Å²) >= 11 is 0. The minimum atomic E-state index is -0.327. The summed E-state index contributed by atoms with van der Waals surface area (Å²) in [5.41, 5.74) is 0. The van der Waals surface area contributed by atoms with E-state index in [1.54, 1.807) is 16.8 Å². The highest BCUT2D eigenvalue weighted by Crippen LogP contribution is 2.29. The van der Waals surface area contributed by atoms with Gasteiger partial charge in [0.25, 0.3) is 0 Å². The molecule has 5 heteroatoms. The predicted molar refractivity (Wildman–Crippen MR) is 78.3 cm³/mol. The van der Waals surface area contributed by atoms with Gasteiger partial charge in [-0.15, -0.1) is 0 Å². The molecule has 1 aliphatic carbocycles. The number of nitrogens with zero attached hydrogens (tertiary/aromatic N) is 2. The van der Waals surface area contributed by atoms with E-state index in [0.717, 1.165) is 31.8 Å². The average Bonchev–Trinajstić information content (AvgIpc) is 2.53. The maximum absolute atomic E-state index is 12.3. The Kier molecular flexibility index (Phi) is 5.40. The lowest BCUT2D eigenvalue weighted by atomic mass is 9.84. The smallest absolute Gasteiger partial charge is 0.312 e. The van der Waals surface area contributed by atoms with Crippen LogP contribution in [0.15, 0.2) is 0 Å². The lowest BCUT2D eigenvalue weighted by molar-refractivity contribution is -0.153. The molecular formula is C15H27N3O2. The van der Waals surface area contributed by atoms with Gasteiger partial charge in [0.15, 0.2) is 0 Å². The van der Waals surface area contributed by atoms with Gasteiger partial charge >= 0.3 is 11.8 Å². The molecule has 2 rings (SSSR count). The zero-order chi connectivity index (χ0) is 14.5. The Morgan fingerprint density at radius 3 is 2.30 bits per heavy atom. The number of likely N-dealkylation sites (N-methyl/N-ethyl adjacent to an activating group) is 1. The lowest BCUT2D eigenvalue weighted by Crippen LogP contribution is -2.53. The van der Waals surface area contributed by atoms with E-state index >= 15 is 0 Å². The molecule has 0 atom stereocenters. The first-order chi connectivity index (χ1) is 9.63. The van der Waals surface area contributed by atoms with Crippen molar-refractivity contribution in [2.45, 2.75) is 45.1 Å². The minimum absolute atomic E-state index is 0.247. The quantitative estimate of drug-likeness (QED) is 0.763. The van der Waals surface area contributed by atoms with Crippen LogP contribution in [0.5, 0.6) is 0 Å². The number of hydrogen-bond donors (Lipinski definition) is 1. The maximum Gasteiger partial charge on any atom is 0.312 e. The van der Waals surface area contributed by atoms with Gasteiger partial charge in [0.05, 0.1) is 0 Å². The topological polar surface area (TPSA) is 52.7 Å². The van der Waals surface area contributed by atoms with Gasteiger partial charge in [-0.3, -0.25) is 9.59 Å². The van der Waals surface area contributed by atoms with E-state index in [4.69, 9.17) is 0 Å². The summed E-state index contributed by atoms with van der Waals surface area (Å²) in [6.07, 6.45) is 5.66. The van der Waals surface area contributed by atoms with E-state index in [-0.39, 0.29) is 17.9 Å². The van der Waals surface area contributed by atoms with Crippen LogP contribution in [0.2, 0.25) is 0 Å². The molecule has 20 heavy (non-hydrogen) atoms. The number of carbonyl (C=O) groups excluding carboxylic acids is 2. The van der Waals surface area contributed by atoms with E-state index in [1.807, 2.05) is 0 Å². The van der Waals surface area contributed by atoms with Crippen molar-refractivity contribution in [3.8, 4) is 0 Å². The second kappa shape index (κ2) is 7.07. The first kappa shape index (κ1) is 15.3. The van der Waals surface area contributed by atoms with E-state index in [2.05, 4.69) is 12.2 Å². The average molecular weight is 281 g/mol. The Bertz CT molecular complexity index is 345. The summed E-state index contributed by atoms with van der Waals surface area (Å²) in [7, 11) is 1.79. The highest BCUT2D eigenvalue weighted by atomic mass is 16.2. The molecule has 1 saturated carbocycles. The molecule has 0 radical (unpaired) electrons. The van der Waals surface area contributed by atoms with Crippen molar-refractivity contribution in [3.05, 3.63) is 0 Å². The van der Waals surface area contributed by atoms with Gasteiger partial charge < -0.3 is 15.1 Å². The predicted octanol–water partition coefficient (Wildman–Crippen LogP) is 0.845. The summed E-state index contributed by atoms with van der Waals surface area (Å²) < 4.78 is 0. The molecule has 1 N–H and O–H groups in total. The van der Waals surface area contributed by atoms with Crippen LogP contribution >= 0.6 is 0 Å². The van der Waals surface area contributed by atoms with Crippen molar-refractivity contribution in [3.63, 3.8) is 0 Å². The molecule has 0 unspecified atom stereocenters. The fourth-order valence-corrected chi connectivity index (χ4v) is 3.26. The van der Waals surface area contributed by atoms with Gasteiger partial charge in [-0.1, -0.05) is 13.3 Å². The van der Waals surface area contributed by atoms with Crippen LogP contribution in [-0.2, 0) is 9.59 Å². The molecule has 1 heterocycles. The number of nitrogens with one attached hydrogen (secondary N) is 1. The van der Waals surface area contributed by atoms with Gasteiger partial charge in [0, 0.05) is 39.3 Å². The van der Waals surface area contributed by atoms with Crippen LogP contribution in [0.3, 0.4) is 0 Å². The Morgan fingerprint density at radius 2 is 1.75 bits per heavy atom. The zero-order valence-electron chi connectivity index (χ0n) is 12.7. The number of carbonyl (C=O) groups is 2. The van der Waals surface area contributed by atoms with Crippen LogP contribution in [-0.4, -0.2) is 60.9 Å². The Labute approximate surface area is 121 Å². The number of hydrogen-bond acceptors (Lipinski definition) is 3. The maximum atomic E-state index is 12.3. The highest BCUT2D eigenvalue weighted by Gasteiger charge is 2.31. The first-order valence-corrected chi connectivity index (χ1v) is 7.90. The van der Waals surface area contributed by atoms with Gasteiger partial charge in [-0.2, -0.15) is 0 Å². The third-order valence-electron chi connectivity index (χ3n) is 4.85. The van der Waals surface area contributed by atoms with Gasteiger partial charge in [-0.25, -0.2) is 0 Å². The second-order valence-electron chi connectivity index (χ2n) is 6.04. The molecule has 114 valence electrons. The highest BCUT2D eigenvalue weighted by molar-refractivity contribution is 6.34. The van der Waals surface area contributed by atoms with Crippen LogP contribution in [0, 0.1) is 5.92 Å². The molecule has 0 aromatic heterocycles. The molecule has 0 spiro atoms. The normalized spacial score (nSPS) is 27.2. The Balaban J connectivity index is 1.86. The Hall–Kier alpha value is -1.10. The summed E-state index contributed by atoms with van der Waals surface area (Å²) in [4.78, 5) is 27.9. The van der Waals surface area contributed by atoms with Gasteiger partial charge in [-0.05, 0) is 31.6 Å². The van der Waals surface area contributed by atoms with Crippen LogP contribution in [0.25, 0.3) is 0 Å². The van der Waals surface area contributed by atoms with E-state index in [0.29, 0.717) is 13.1 Å². The molecule has 0 bridgehead atoms. The molecule has 0 aromatic rings. The van der Waals surface area contributed by atoms with Crippen LogP contribution in [0.4, 0.5) is 0 Å². The third kappa shape index (κ3) is 3.51. The standard InChI is InChI=1S/C15H27N3O2/c1-3-12-4-6-13(7-5-12)17(2)14(19)15(20)18-10-8-16-9-11-18/h12-13,16H,3-11H2,1-2H3. The largest absolute Gasteiger partial charge is 0.335 e. The summed E-state index contributed by atoms with van der Waals surface area (Å²) in [5.74, 6) is 0.150.